The van der Waals surface area contributed by atoms with E-state index in [9.17, 15) is 24.6 Å². The van der Waals surface area contributed by atoms with Gasteiger partial charge in [0.2, 0.25) is 0 Å². The van der Waals surface area contributed by atoms with Gasteiger partial charge in [-0.3, -0.25) is 4.98 Å². The first-order chi connectivity index (χ1) is 11.6. The predicted molar refractivity (Wildman–Crippen MR) is 88.3 cm³/mol. The lowest BCUT2D eigenvalue weighted by atomic mass is 10.0. The Labute approximate surface area is 142 Å². The number of aliphatic hydroxyl groups is 2. The number of ether oxygens (including phenoxy) is 1. The second kappa shape index (κ2) is 7.08. The zero-order valence-corrected chi connectivity index (χ0v) is 14.0. The van der Waals surface area contributed by atoms with E-state index in [2.05, 4.69) is 14.7 Å². The fraction of sp³-hybridized carbons (Fsp3) is 0.438. The molecule has 1 amide bonds. The number of fused-ring (bicyclic) bond motifs is 1. The molecule has 0 aliphatic carbocycles. The smallest absolute Gasteiger partial charge is 0.419 e. The van der Waals surface area contributed by atoms with Crippen molar-refractivity contribution < 1.29 is 24.2 Å². The van der Waals surface area contributed by atoms with Crippen LogP contribution in [0.15, 0.2) is 32.2 Å². The van der Waals surface area contributed by atoms with Crippen LogP contribution in [0.3, 0.4) is 0 Å². The number of carbonyl (C=O) groups excluding carboxylic acids is 1. The van der Waals surface area contributed by atoms with E-state index in [4.69, 9.17) is 4.74 Å². The highest BCUT2D eigenvalue weighted by molar-refractivity contribution is 5.81. The Morgan fingerprint density at radius 2 is 2.00 bits per heavy atom. The fourth-order valence-corrected chi connectivity index (χ4v) is 2.24. The van der Waals surface area contributed by atoms with Gasteiger partial charge in [-0.1, -0.05) is 12.1 Å². The monoisotopic (exact) mass is 352 g/mol. The standard InChI is InChI=1S/C16H20N2O7/c1-16(2,3)25-14(22)17-7-10(19)12(20)8-5-4-6-9-11(8)13(21)24-15(23)18-9/h4-6,10,12,19-20H,7H2,1-3H3,(H,17,22)(H,18,23). The molecule has 0 spiro atoms. The Hall–Kier alpha value is -2.65. The van der Waals surface area contributed by atoms with Crippen LogP contribution in [0.4, 0.5) is 4.79 Å². The van der Waals surface area contributed by atoms with Crippen molar-refractivity contribution in [2.45, 2.75) is 38.6 Å². The van der Waals surface area contributed by atoms with E-state index in [1.165, 1.54) is 18.2 Å². The van der Waals surface area contributed by atoms with E-state index >= 15 is 0 Å². The summed E-state index contributed by atoms with van der Waals surface area (Å²) in [5.74, 6) is -0.920. The normalized spacial score (nSPS) is 14.1. The summed E-state index contributed by atoms with van der Waals surface area (Å²) in [5, 5.41) is 22.7. The summed E-state index contributed by atoms with van der Waals surface area (Å²) in [6, 6.07) is 4.39. The van der Waals surface area contributed by atoms with Crippen LogP contribution in [0.2, 0.25) is 0 Å². The summed E-state index contributed by atoms with van der Waals surface area (Å²) >= 11 is 0. The largest absolute Gasteiger partial charge is 0.444 e. The second-order valence-corrected chi connectivity index (χ2v) is 6.47. The number of carbonyl (C=O) groups is 1. The Morgan fingerprint density at radius 1 is 1.32 bits per heavy atom. The maximum atomic E-state index is 11.9. The van der Waals surface area contributed by atoms with Crippen LogP contribution in [-0.2, 0) is 4.74 Å². The van der Waals surface area contributed by atoms with Crippen molar-refractivity contribution in [2.24, 2.45) is 0 Å². The Balaban J connectivity index is 2.19. The molecule has 1 aromatic heterocycles. The lowest BCUT2D eigenvalue weighted by Gasteiger charge is -2.22. The van der Waals surface area contributed by atoms with Crippen molar-refractivity contribution in [1.82, 2.24) is 10.3 Å². The molecule has 0 aliphatic heterocycles. The number of nitrogens with one attached hydrogen (secondary N) is 2. The topological polar surface area (TPSA) is 142 Å². The Bertz CT molecular complexity index is 878. The molecule has 0 saturated heterocycles. The number of benzene rings is 1. The molecule has 2 unspecified atom stereocenters. The van der Waals surface area contributed by atoms with Gasteiger partial charge in [-0.15, -0.1) is 0 Å². The SMILES string of the molecule is CC(C)(C)OC(=O)NCC(O)C(O)c1cccc2[nH]c(=O)oc(=O)c12. The number of H-pyrrole nitrogens is 1. The summed E-state index contributed by atoms with van der Waals surface area (Å²) in [7, 11) is 0. The van der Waals surface area contributed by atoms with Gasteiger partial charge in [-0.2, -0.15) is 0 Å². The summed E-state index contributed by atoms with van der Waals surface area (Å²) < 4.78 is 9.49. The average molecular weight is 352 g/mol. The molecule has 1 aromatic carbocycles. The molecule has 0 fully saturated rings. The van der Waals surface area contributed by atoms with Gasteiger partial charge in [0.05, 0.1) is 10.9 Å². The van der Waals surface area contributed by atoms with Gasteiger partial charge in [0.15, 0.2) is 0 Å². The quantitative estimate of drug-likeness (QED) is 0.624. The average Bonchev–Trinajstić information content (AvgIpc) is 2.49. The van der Waals surface area contributed by atoms with Crippen LogP contribution in [0.25, 0.3) is 10.9 Å². The summed E-state index contributed by atoms with van der Waals surface area (Å²) in [6.45, 7) is 4.76. The van der Waals surface area contributed by atoms with Crippen molar-refractivity contribution in [2.75, 3.05) is 6.54 Å². The van der Waals surface area contributed by atoms with Gasteiger partial charge in [0.1, 0.15) is 17.8 Å². The van der Waals surface area contributed by atoms with Crippen LogP contribution in [-0.4, -0.2) is 39.5 Å². The summed E-state index contributed by atoms with van der Waals surface area (Å²) in [4.78, 5) is 37.0. The first kappa shape index (κ1) is 18.7. The number of aromatic nitrogens is 1. The first-order valence-electron chi connectivity index (χ1n) is 7.57. The molecule has 9 heteroatoms. The molecule has 9 nitrogen and oxygen atoms in total. The van der Waals surface area contributed by atoms with Gasteiger partial charge < -0.3 is 24.7 Å². The molecule has 0 saturated carbocycles. The molecule has 0 radical (unpaired) electrons. The van der Waals surface area contributed by atoms with Gasteiger partial charge in [-0.05, 0) is 32.4 Å². The zero-order chi connectivity index (χ0) is 18.8. The highest BCUT2D eigenvalue weighted by atomic mass is 16.6. The summed E-state index contributed by atoms with van der Waals surface area (Å²) in [6.07, 6.45) is -3.66. The minimum absolute atomic E-state index is 0.0501. The van der Waals surface area contributed by atoms with Crippen molar-refractivity contribution in [3.63, 3.8) is 0 Å². The first-order valence-corrected chi connectivity index (χ1v) is 7.57. The van der Waals surface area contributed by atoms with Crippen LogP contribution in [0.1, 0.15) is 32.4 Å². The lowest BCUT2D eigenvalue weighted by Crippen LogP contribution is -2.39. The van der Waals surface area contributed by atoms with E-state index in [0.717, 1.165) is 0 Å². The Kier molecular flexibility index (Phi) is 5.29. The minimum atomic E-state index is -1.49. The number of hydrogen-bond donors (Lipinski definition) is 4. The van der Waals surface area contributed by atoms with Gasteiger partial charge >= 0.3 is 17.5 Å². The second-order valence-electron chi connectivity index (χ2n) is 6.47. The molecule has 136 valence electrons. The van der Waals surface area contributed by atoms with Crippen LogP contribution in [0, 0.1) is 0 Å². The third-order valence-electron chi connectivity index (χ3n) is 3.26. The van der Waals surface area contributed by atoms with Crippen LogP contribution in [0.5, 0.6) is 0 Å². The van der Waals surface area contributed by atoms with E-state index in [-0.39, 0.29) is 23.0 Å². The van der Waals surface area contributed by atoms with E-state index in [0.29, 0.717) is 0 Å². The van der Waals surface area contributed by atoms with E-state index < -0.39 is 35.3 Å². The molecular weight excluding hydrogens is 332 g/mol. The van der Waals surface area contributed by atoms with Crippen molar-refractivity contribution in [1.29, 1.82) is 0 Å². The molecule has 2 atom stereocenters. The summed E-state index contributed by atoms with van der Waals surface area (Å²) in [5.41, 5.74) is -1.39. The lowest BCUT2D eigenvalue weighted by molar-refractivity contribution is 0.0135. The number of aliphatic hydroxyl groups excluding tert-OH is 2. The molecule has 4 N–H and O–H groups in total. The number of amides is 1. The van der Waals surface area contributed by atoms with Crippen molar-refractivity contribution >= 4 is 17.0 Å². The molecule has 0 bridgehead atoms. The van der Waals surface area contributed by atoms with Gasteiger partial charge in [-0.25, -0.2) is 14.4 Å². The minimum Gasteiger partial charge on any atom is -0.444 e. The zero-order valence-electron chi connectivity index (χ0n) is 14.0. The highest BCUT2D eigenvalue weighted by Crippen LogP contribution is 2.22. The molecule has 2 rings (SSSR count). The fourth-order valence-electron chi connectivity index (χ4n) is 2.24. The molecule has 0 aliphatic rings. The van der Waals surface area contributed by atoms with Crippen LogP contribution >= 0.6 is 0 Å². The van der Waals surface area contributed by atoms with E-state index in [1.54, 1.807) is 20.8 Å². The van der Waals surface area contributed by atoms with E-state index in [1.807, 2.05) is 0 Å². The number of rotatable bonds is 4. The van der Waals surface area contributed by atoms with Crippen molar-refractivity contribution in [3.05, 3.63) is 44.7 Å². The third-order valence-corrected chi connectivity index (χ3v) is 3.26. The molecule has 2 aromatic rings. The predicted octanol–water partition coefficient (Wildman–Crippen LogP) is 0.400. The number of aromatic amines is 1. The maximum absolute atomic E-state index is 11.9. The molecule has 1 heterocycles. The number of hydrogen-bond acceptors (Lipinski definition) is 7. The highest BCUT2D eigenvalue weighted by Gasteiger charge is 2.24. The maximum Gasteiger partial charge on any atom is 0.419 e. The molecule has 25 heavy (non-hydrogen) atoms. The Morgan fingerprint density at radius 3 is 2.64 bits per heavy atom. The van der Waals surface area contributed by atoms with Gasteiger partial charge in [0, 0.05) is 6.54 Å². The number of alkyl carbamates (subject to hydrolysis) is 1. The van der Waals surface area contributed by atoms with Crippen LogP contribution < -0.4 is 16.7 Å². The third kappa shape index (κ3) is 4.68. The van der Waals surface area contributed by atoms with Crippen molar-refractivity contribution in [3.8, 4) is 0 Å². The molecular formula is C16H20N2O7. The van der Waals surface area contributed by atoms with Gasteiger partial charge in [0.25, 0.3) is 0 Å².